The smallest absolute Gasteiger partial charge is 0.423 e. The Labute approximate surface area is 122 Å². The van der Waals surface area contributed by atoms with Crippen LogP contribution in [0.1, 0.15) is 33.3 Å². The highest BCUT2D eigenvalue weighted by molar-refractivity contribution is 6.60. The van der Waals surface area contributed by atoms with Crippen LogP contribution in [0.3, 0.4) is 0 Å². The third kappa shape index (κ3) is 3.54. The Morgan fingerprint density at radius 1 is 1.15 bits per heavy atom. The molecule has 0 atom stereocenters. The Hall–Kier alpha value is -1.04. The molecule has 0 aliphatic rings. The van der Waals surface area contributed by atoms with Gasteiger partial charge in [-0.15, -0.1) is 0 Å². The average molecular weight is 279 g/mol. The Morgan fingerprint density at radius 3 is 2.15 bits per heavy atom. The molecule has 2 N–H and O–H groups in total. The second kappa shape index (κ2) is 5.76. The molecule has 0 radical (unpaired) electrons. The van der Waals surface area contributed by atoms with E-state index < -0.39 is 18.3 Å². The maximum atomic E-state index is 10.4. The zero-order chi connectivity index (χ0) is 15.7. The first kappa shape index (κ1) is 17.0. The van der Waals surface area contributed by atoms with Gasteiger partial charge >= 0.3 is 7.12 Å². The van der Waals surface area contributed by atoms with Crippen molar-refractivity contribution in [3.8, 4) is 0 Å². The first-order valence-corrected chi connectivity index (χ1v) is 6.82. The van der Waals surface area contributed by atoms with Crippen molar-refractivity contribution in [3.05, 3.63) is 23.8 Å². The topological polar surface area (TPSA) is 52.9 Å². The average Bonchev–Trinajstić information content (AvgIpc) is 2.26. The van der Waals surface area contributed by atoms with Crippen molar-refractivity contribution in [3.63, 3.8) is 0 Å². The molecule has 0 spiro atoms. The Kier molecular flexibility index (Phi) is 4.90. The quantitative estimate of drug-likeness (QED) is 0.798. The van der Waals surface area contributed by atoms with Crippen molar-refractivity contribution in [1.29, 1.82) is 0 Å². The number of aliphatic hydroxyl groups is 1. The summed E-state index contributed by atoms with van der Waals surface area (Å²) in [7, 11) is 2.84. The van der Waals surface area contributed by atoms with Gasteiger partial charge in [0.15, 0.2) is 0 Å². The van der Waals surface area contributed by atoms with E-state index in [2.05, 4.69) is 0 Å². The second-order valence-corrected chi connectivity index (χ2v) is 6.43. The molecule has 4 nitrogen and oxygen atoms in total. The first-order chi connectivity index (χ1) is 8.97. The van der Waals surface area contributed by atoms with Crippen LogP contribution >= 0.6 is 0 Å². The highest BCUT2D eigenvalue weighted by Gasteiger charge is 2.39. The molecule has 1 rings (SSSR count). The maximum absolute atomic E-state index is 10.4. The summed E-state index contributed by atoms with van der Waals surface area (Å²) >= 11 is 0. The summed E-state index contributed by atoms with van der Waals surface area (Å²) in [5.74, 6) is 0. The van der Waals surface area contributed by atoms with Gasteiger partial charge in [0.2, 0.25) is 0 Å². The van der Waals surface area contributed by atoms with Gasteiger partial charge in [0, 0.05) is 19.8 Å². The summed E-state index contributed by atoms with van der Waals surface area (Å²) < 4.78 is 5.69. The van der Waals surface area contributed by atoms with E-state index >= 15 is 0 Å². The van der Waals surface area contributed by atoms with Crippen molar-refractivity contribution >= 4 is 18.3 Å². The molecule has 0 heterocycles. The van der Waals surface area contributed by atoms with Gasteiger partial charge in [0.1, 0.15) is 0 Å². The molecule has 0 amide bonds. The lowest BCUT2D eigenvalue weighted by atomic mass is 9.74. The minimum Gasteiger partial charge on any atom is -0.423 e. The van der Waals surface area contributed by atoms with Crippen LogP contribution in [-0.2, 0) is 4.65 Å². The largest absolute Gasteiger partial charge is 0.491 e. The summed E-state index contributed by atoms with van der Waals surface area (Å²) in [5, 5.41) is 20.5. The summed E-state index contributed by atoms with van der Waals surface area (Å²) in [6, 6.07) is 5.72. The molecule has 112 valence electrons. The van der Waals surface area contributed by atoms with Crippen LogP contribution in [0.4, 0.5) is 5.69 Å². The van der Waals surface area contributed by atoms with Gasteiger partial charge in [0.25, 0.3) is 0 Å². The predicted octanol–water partition coefficient (Wildman–Crippen LogP) is 1.31. The highest BCUT2D eigenvalue weighted by atomic mass is 16.5. The molecule has 0 bridgehead atoms. The summed E-state index contributed by atoms with van der Waals surface area (Å²) in [6.07, 6.45) is 0. The van der Waals surface area contributed by atoms with Gasteiger partial charge in [-0.3, -0.25) is 0 Å². The maximum Gasteiger partial charge on any atom is 0.491 e. The van der Waals surface area contributed by atoms with Crippen LogP contribution in [0.2, 0.25) is 0 Å². The van der Waals surface area contributed by atoms with Gasteiger partial charge in [-0.2, -0.15) is 0 Å². The lowest BCUT2D eigenvalue weighted by Crippen LogP contribution is -2.53. The molecule has 20 heavy (non-hydrogen) atoms. The molecule has 0 aromatic heterocycles. The van der Waals surface area contributed by atoms with E-state index in [0.717, 1.165) is 11.3 Å². The SMILES string of the molecule is Cc1c(B(O)OC(C)(C)C(C)(C)O)cccc1N(C)C. The molecule has 0 saturated heterocycles. The molecule has 0 aliphatic carbocycles. The van der Waals surface area contributed by atoms with E-state index in [1.165, 1.54) is 0 Å². The number of rotatable bonds is 5. The zero-order valence-electron chi connectivity index (χ0n) is 13.6. The Morgan fingerprint density at radius 2 is 1.70 bits per heavy atom. The van der Waals surface area contributed by atoms with E-state index in [4.69, 9.17) is 4.65 Å². The lowest BCUT2D eigenvalue weighted by Gasteiger charge is -2.38. The van der Waals surface area contributed by atoms with Crippen LogP contribution in [0.25, 0.3) is 0 Å². The van der Waals surface area contributed by atoms with Crippen molar-refractivity contribution < 1.29 is 14.8 Å². The first-order valence-electron chi connectivity index (χ1n) is 6.82. The van der Waals surface area contributed by atoms with Crippen molar-refractivity contribution in [2.45, 2.75) is 45.8 Å². The minimum atomic E-state index is -1.07. The zero-order valence-corrected chi connectivity index (χ0v) is 13.6. The van der Waals surface area contributed by atoms with Crippen LogP contribution in [0.15, 0.2) is 18.2 Å². The van der Waals surface area contributed by atoms with Gasteiger partial charge in [0.05, 0.1) is 11.2 Å². The van der Waals surface area contributed by atoms with Crippen molar-refractivity contribution in [2.24, 2.45) is 0 Å². The van der Waals surface area contributed by atoms with Crippen molar-refractivity contribution in [2.75, 3.05) is 19.0 Å². The van der Waals surface area contributed by atoms with E-state index in [9.17, 15) is 10.1 Å². The van der Waals surface area contributed by atoms with E-state index in [1.807, 2.05) is 44.1 Å². The minimum absolute atomic E-state index is 0.716. The summed E-state index contributed by atoms with van der Waals surface area (Å²) in [6.45, 7) is 8.82. The molecule has 5 heteroatoms. The molecule has 0 unspecified atom stereocenters. The summed E-state index contributed by atoms with van der Waals surface area (Å²) in [5.41, 5.74) is 0.796. The van der Waals surface area contributed by atoms with Gasteiger partial charge in [-0.1, -0.05) is 12.1 Å². The van der Waals surface area contributed by atoms with E-state index in [1.54, 1.807) is 27.7 Å². The van der Waals surface area contributed by atoms with Gasteiger partial charge in [-0.25, -0.2) is 0 Å². The predicted molar refractivity (Wildman–Crippen MR) is 84.6 cm³/mol. The second-order valence-electron chi connectivity index (χ2n) is 6.43. The molecule has 0 fully saturated rings. The fourth-order valence-electron chi connectivity index (χ4n) is 1.88. The molecule has 1 aromatic carbocycles. The van der Waals surface area contributed by atoms with E-state index in [-0.39, 0.29) is 0 Å². The molecular weight excluding hydrogens is 253 g/mol. The standard InChI is InChI=1S/C15H26BNO3/c1-11-12(9-8-10-13(11)17(6)7)16(19)20-15(4,5)14(2,3)18/h8-10,18-19H,1-7H3. The number of anilines is 1. The fraction of sp³-hybridized carbons (Fsp3) is 0.600. The Balaban J connectivity index is 3.05. The highest BCUT2D eigenvalue weighted by Crippen LogP contribution is 2.26. The monoisotopic (exact) mass is 279 g/mol. The van der Waals surface area contributed by atoms with E-state index in [0.29, 0.717) is 5.46 Å². The van der Waals surface area contributed by atoms with Gasteiger partial charge in [-0.05, 0) is 51.7 Å². The molecule has 1 aromatic rings. The summed E-state index contributed by atoms with van der Waals surface area (Å²) in [4.78, 5) is 1.99. The third-order valence-corrected chi connectivity index (χ3v) is 3.97. The van der Waals surface area contributed by atoms with Gasteiger partial charge < -0.3 is 19.7 Å². The van der Waals surface area contributed by atoms with Crippen LogP contribution < -0.4 is 10.4 Å². The third-order valence-electron chi connectivity index (χ3n) is 3.97. The lowest BCUT2D eigenvalue weighted by molar-refractivity contribution is -0.0982. The van der Waals surface area contributed by atoms with Crippen LogP contribution in [0.5, 0.6) is 0 Å². The number of nitrogens with zero attached hydrogens (tertiary/aromatic N) is 1. The molecular formula is C15H26BNO3. The number of hydrogen-bond acceptors (Lipinski definition) is 4. The number of hydrogen-bond donors (Lipinski definition) is 2. The normalized spacial score (nSPS) is 12.4. The molecule has 0 saturated carbocycles. The van der Waals surface area contributed by atoms with Crippen molar-refractivity contribution in [1.82, 2.24) is 0 Å². The Bertz CT molecular complexity index is 467. The van der Waals surface area contributed by atoms with Crippen LogP contribution in [-0.4, -0.2) is 42.5 Å². The fourth-order valence-corrected chi connectivity index (χ4v) is 1.88. The molecule has 0 aliphatic heterocycles. The number of benzene rings is 1. The van der Waals surface area contributed by atoms with Crippen LogP contribution in [0, 0.1) is 6.92 Å².